The third-order valence-electron chi connectivity index (χ3n) is 5.00. The van der Waals surface area contributed by atoms with Crippen LogP contribution in [0.4, 0.5) is 8.78 Å². The zero-order chi connectivity index (χ0) is 20.9. The molecule has 0 radical (unpaired) electrons. The Morgan fingerprint density at radius 3 is 2.73 bits per heavy atom. The molecule has 152 valence electrons. The number of halogens is 2. The lowest BCUT2D eigenvalue weighted by atomic mass is 9.94. The Kier molecular flexibility index (Phi) is 3.97. The van der Waals surface area contributed by atoms with Crippen LogP contribution in [-0.2, 0) is 9.47 Å². The van der Waals surface area contributed by atoms with Gasteiger partial charge in [0.1, 0.15) is 11.3 Å². The van der Waals surface area contributed by atoms with Gasteiger partial charge in [-0.3, -0.25) is 9.53 Å². The van der Waals surface area contributed by atoms with E-state index in [0.717, 1.165) is 5.69 Å². The van der Waals surface area contributed by atoms with E-state index in [2.05, 4.69) is 10.2 Å². The predicted molar refractivity (Wildman–Crippen MR) is 104 cm³/mol. The van der Waals surface area contributed by atoms with Crippen molar-refractivity contribution in [3.8, 4) is 17.1 Å². The van der Waals surface area contributed by atoms with Crippen LogP contribution >= 0.6 is 0 Å². The van der Waals surface area contributed by atoms with Crippen LogP contribution in [0, 0.1) is 0 Å². The average Bonchev–Trinajstić information content (AvgIpc) is 3.29. The van der Waals surface area contributed by atoms with E-state index in [9.17, 15) is 13.6 Å². The van der Waals surface area contributed by atoms with Gasteiger partial charge in [-0.05, 0) is 31.2 Å². The van der Waals surface area contributed by atoms with Gasteiger partial charge in [0, 0.05) is 18.7 Å². The molecule has 30 heavy (non-hydrogen) atoms. The third kappa shape index (κ3) is 2.94. The fourth-order valence-electron chi connectivity index (χ4n) is 3.64. The second kappa shape index (κ2) is 6.46. The van der Waals surface area contributed by atoms with E-state index in [0.29, 0.717) is 5.69 Å². The molecule has 7 nitrogen and oxygen atoms in total. The van der Waals surface area contributed by atoms with E-state index in [4.69, 9.17) is 9.47 Å². The normalized spacial score (nSPS) is 22.1. The van der Waals surface area contributed by atoms with Crippen LogP contribution in [0.3, 0.4) is 0 Å². The molecule has 5 rings (SSSR count). The van der Waals surface area contributed by atoms with Crippen LogP contribution < -0.4 is 5.43 Å². The number of aromatic nitrogens is 4. The lowest BCUT2D eigenvalue weighted by Gasteiger charge is -2.25. The first-order chi connectivity index (χ1) is 14.4. The van der Waals surface area contributed by atoms with Crippen molar-refractivity contribution in [1.82, 2.24) is 19.6 Å². The quantitative estimate of drug-likeness (QED) is 0.660. The Morgan fingerprint density at radius 2 is 1.93 bits per heavy atom. The highest BCUT2D eigenvalue weighted by Gasteiger charge is 2.56. The number of alkyl halides is 2. The van der Waals surface area contributed by atoms with Crippen LogP contribution in [0.5, 0.6) is 0 Å². The SMILES string of the molecule is CC12CC=CC(n3ccc(=O)c(-c4ccnn4-c4ccccc4)n3)=C1OC(F)(F)O2. The summed E-state index contributed by atoms with van der Waals surface area (Å²) in [6.07, 6.45) is 2.81. The summed E-state index contributed by atoms with van der Waals surface area (Å²) < 4.78 is 40.1. The zero-order valence-corrected chi connectivity index (χ0v) is 15.8. The highest BCUT2D eigenvalue weighted by Crippen LogP contribution is 2.47. The summed E-state index contributed by atoms with van der Waals surface area (Å²) in [5.74, 6) is -0.0336. The van der Waals surface area contributed by atoms with E-state index in [-0.39, 0.29) is 29.0 Å². The van der Waals surface area contributed by atoms with Crippen molar-refractivity contribution in [2.24, 2.45) is 0 Å². The second-order valence-electron chi connectivity index (χ2n) is 7.16. The topological polar surface area (TPSA) is 71.2 Å². The molecule has 3 aromatic rings. The molecule has 1 aliphatic heterocycles. The van der Waals surface area contributed by atoms with E-state index < -0.39 is 11.9 Å². The number of hydrogen-bond donors (Lipinski definition) is 0. The molecule has 2 aliphatic rings. The summed E-state index contributed by atoms with van der Waals surface area (Å²) in [5, 5.41) is 8.71. The van der Waals surface area contributed by atoms with Gasteiger partial charge in [-0.2, -0.15) is 10.2 Å². The first-order valence-electron chi connectivity index (χ1n) is 9.25. The smallest absolute Gasteiger partial charge is 0.408 e. The summed E-state index contributed by atoms with van der Waals surface area (Å²) >= 11 is 0. The van der Waals surface area contributed by atoms with Crippen molar-refractivity contribution in [1.29, 1.82) is 0 Å². The number of rotatable bonds is 3. The minimum atomic E-state index is -3.73. The fourth-order valence-corrected chi connectivity index (χ4v) is 3.64. The first kappa shape index (κ1) is 18.4. The molecule has 1 aliphatic carbocycles. The monoisotopic (exact) mass is 410 g/mol. The largest absolute Gasteiger partial charge is 0.536 e. The molecule has 1 aromatic carbocycles. The molecule has 1 unspecified atom stereocenters. The molecular weight excluding hydrogens is 394 g/mol. The first-order valence-corrected chi connectivity index (χ1v) is 9.25. The molecular formula is C21H16F2N4O3. The molecule has 0 spiro atoms. The molecule has 0 saturated carbocycles. The maximum Gasteiger partial charge on any atom is 0.536 e. The summed E-state index contributed by atoms with van der Waals surface area (Å²) in [6.45, 7) is 1.53. The predicted octanol–water partition coefficient (Wildman–Crippen LogP) is 3.58. The fraction of sp³-hybridized carbons (Fsp3) is 0.190. The van der Waals surface area contributed by atoms with Gasteiger partial charge in [0.05, 0.1) is 17.6 Å². The molecule has 0 N–H and O–H groups in total. The number of para-hydroxylation sites is 1. The lowest BCUT2D eigenvalue weighted by Crippen LogP contribution is -2.30. The van der Waals surface area contributed by atoms with Crippen molar-refractivity contribution in [3.63, 3.8) is 0 Å². The third-order valence-corrected chi connectivity index (χ3v) is 5.00. The van der Waals surface area contributed by atoms with Gasteiger partial charge < -0.3 is 4.74 Å². The molecule has 0 amide bonds. The van der Waals surface area contributed by atoms with Crippen molar-refractivity contribution in [2.75, 3.05) is 0 Å². The average molecular weight is 410 g/mol. The summed E-state index contributed by atoms with van der Waals surface area (Å²) in [4.78, 5) is 12.6. The number of allylic oxidation sites excluding steroid dienone is 2. The lowest BCUT2D eigenvalue weighted by molar-refractivity contribution is -0.351. The molecule has 3 heterocycles. The minimum Gasteiger partial charge on any atom is -0.408 e. The van der Waals surface area contributed by atoms with E-state index in [1.165, 1.54) is 23.9 Å². The number of nitrogens with zero attached hydrogens (tertiary/aromatic N) is 4. The maximum absolute atomic E-state index is 13.8. The van der Waals surface area contributed by atoms with Gasteiger partial charge >= 0.3 is 6.29 Å². The van der Waals surface area contributed by atoms with Crippen molar-refractivity contribution in [3.05, 3.63) is 83.0 Å². The van der Waals surface area contributed by atoms with Crippen LogP contribution in [-0.4, -0.2) is 31.5 Å². The van der Waals surface area contributed by atoms with E-state index in [1.54, 1.807) is 29.1 Å². The van der Waals surface area contributed by atoms with Gasteiger partial charge in [0.15, 0.2) is 11.5 Å². The van der Waals surface area contributed by atoms with Gasteiger partial charge in [-0.25, -0.2) is 9.36 Å². The number of ether oxygens (including phenoxy) is 2. The number of benzene rings is 1. The molecule has 2 aromatic heterocycles. The molecule has 1 fully saturated rings. The summed E-state index contributed by atoms with van der Waals surface area (Å²) in [7, 11) is 0. The second-order valence-corrected chi connectivity index (χ2v) is 7.16. The van der Waals surface area contributed by atoms with Gasteiger partial charge in [-0.1, -0.05) is 24.3 Å². The standard InChI is InChI=1S/C21H16F2N4O3/c1-20-11-5-8-16(19(20)29-21(22,23)30-20)26-13-10-17(28)18(25-26)15-9-12-24-27(15)14-6-3-2-4-7-14/h2-10,12-13H,11H2,1H3. The van der Waals surface area contributed by atoms with Gasteiger partial charge in [0.25, 0.3) is 0 Å². The molecule has 9 heteroatoms. The molecule has 0 bridgehead atoms. The van der Waals surface area contributed by atoms with Gasteiger partial charge in [0.2, 0.25) is 5.43 Å². The zero-order valence-electron chi connectivity index (χ0n) is 15.8. The highest BCUT2D eigenvalue weighted by atomic mass is 19.3. The van der Waals surface area contributed by atoms with Crippen LogP contribution in [0.25, 0.3) is 22.8 Å². The van der Waals surface area contributed by atoms with Crippen LogP contribution in [0.15, 0.2) is 77.6 Å². The Bertz CT molecular complexity index is 1250. The Morgan fingerprint density at radius 1 is 1.13 bits per heavy atom. The van der Waals surface area contributed by atoms with Crippen LogP contribution in [0.1, 0.15) is 13.3 Å². The number of fused-ring (bicyclic) bond motifs is 1. The number of hydrogen-bond acceptors (Lipinski definition) is 5. The van der Waals surface area contributed by atoms with Crippen molar-refractivity contribution >= 4 is 5.70 Å². The summed E-state index contributed by atoms with van der Waals surface area (Å²) in [5.41, 5.74) is -0.0157. The highest BCUT2D eigenvalue weighted by molar-refractivity contribution is 5.65. The Labute approximate surface area is 169 Å². The summed E-state index contributed by atoms with van der Waals surface area (Å²) in [6, 6.07) is 12.3. The minimum absolute atomic E-state index is 0.0336. The van der Waals surface area contributed by atoms with Crippen molar-refractivity contribution in [2.45, 2.75) is 25.2 Å². The van der Waals surface area contributed by atoms with Gasteiger partial charge in [-0.15, -0.1) is 8.78 Å². The van der Waals surface area contributed by atoms with Crippen LogP contribution in [0.2, 0.25) is 0 Å². The molecule has 1 atom stereocenters. The van der Waals surface area contributed by atoms with E-state index in [1.807, 2.05) is 30.3 Å². The Balaban J connectivity index is 1.65. The van der Waals surface area contributed by atoms with Crippen molar-refractivity contribution < 1.29 is 18.3 Å². The Hall–Kier alpha value is -3.59. The molecule has 1 saturated heterocycles. The maximum atomic E-state index is 13.8. The van der Waals surface area contributed by atoms with E-state index >= 15 is 0 Å².